The number of para-hydroxylation sites is 1. The molecule has 0 spiro atoms. The van der Waals surface area contributed by atoms with Crippen LogP contribution in [0.25, 0.3) is 0 Å². The summed E-state index contributed by atoms with van der Waals surface area (Å²) < 4.78 is 15.7. The summed E-state index contributed by atoms with van der Waals surface area (Å²) in [6.45, 7) is 2.12. The van der Waals surface area contributed by atoms with E-state index in [2.05, 4.69) is 9.47 Å². The molecule has 0 amide bonds. The molecule has 1 aliphatic heterocycles. The third-order valence-electron chi connectivity index (χ3n) is 5.15. The van der Waals surface area contributed by atoms with Gasteiger partial charge in [-0.3, -0.25) is 15.0 Å². The lowest BCUT2D eigenvalue weighted by atomic mass is 9.99. The summed E-state index contributed by atoms with van der Waals surface area (Å²) in [5, 5.41) is 11.8. The summed E-state index contributed by atoms with van der Waals surface area (Å²) in [7, 11) is 0. The molecule has 28 heavy (non-hydrogen) atoms. The van der Waals surface area contributed by atoms with Crippen molar-refractivity contribution >= 4 is 17.3 Å². The first-order chi connectivity index (χ1) is 13.5. The lowest BCUT2D eigenvalue weighted by molar-refractivity contribution is -0.385. The SMILES string of the molecule is O=[N+]([O-])c1ccccc1[C@@H]1c2cccn2CCCN1Cc1ccc(F)c(Cl)c1. The van der Waals surface area contributed by atoms with Gasteiger partial charge in [0, 0.05) is 37.6 Å². The lowest BCUT2D eigenvalue weighted by Crippen LogP contribution is -2.30. The molecule has 0 saturated heterocycles. The van der Waals surface area contributed by atoms with E-state index in [-0.39, 0.29) is 21.7 Å². The molecule has 7 heteroatoms. The second-order valence-electron chi connectivity index (χ2n) is 6.92. The molecule has 1 atom stereocenters. The highest BCUT2D eigenvalue weighted by Crippen LogP contribution is 2.37. The molecule has 1 aliphatic rings. The lowest BCUT2D eigenvalue weighted by Gasteiger charge is -2.30. The van der Waals surface area contributed by atoms with Crippen molar-refractivity contribution in [3.8, 4) is 0 Å². The Balaban J connectivity index is 1.80. The fourth-order valence-electron chi connectivity index (χ4n) is 3.92. The van der Waals surface area contributed by atoms with Crippen LogP contribution in [0.2, 0.25) is 5.02 Å². The molecule has 4 rings (SSSR count). The van der Waals surface area contributed by atoms with Gasteiger partial charge in [0.1, 0.15) is 5.82 Å². The van der Waals surface area contributed by atoms with E-state index in [9.17, 15) is 14.5 Å². The predicted molar refractivity (Wildman–Crippen MR) is 106 cm³/mol. The number of nitrogens with zero attached hydrogens (tertiary/aromatic N) is 3. The number of nitro groups is 1. The van der Waals surface area contributed by atoms with Crippen LogP contribution >= 0.6 is 11.6 Å². The standard InChI is InChI=1S/C21H19ClFN3O2/c22-17-13-15(8-9-18(17)23)14-25-12-4-11-24-10-3-7-20(24)21(25)16-5-1-2-6-19(16)26(27)28/h1-3,5-10,13,21H,4,11-12,14H2/t21-/m1/s1. The van der Waals surface area contributed by atoms with Gasteiger partial charge in [0.2, 0.25) is 0 Å². The zero-order valence-corrected chi connectivity index (χ0v) is 15.8. The predicted octanol–water partition coefficient (Wildman–Crippen LogP) is 5.18. The summed E-state index contributed by atoms with van der Waals surface area (Å²) in [4.78, 5) is 13.5. The summed E-state index contributed by atoms with van der Waals surface area (Å²) in [6, 6.07) is 15.3. The first-order valence-electron chi connectivity index (χ1n) is 9.11. The molecule has 5 nitrogen and oxygen atoms in total. The van der Waals surface area contributed by atoms with Crippen LogP contribution < -0.4 is 0 Å². The van der Waals surface area contributed by atoms with Crippen LogP contribution in [0.3, 0.4) is 0 Å². The summed E-state index contributed by atoms with van der Waals surface area (Å²) in [5.74, 6) is -0.453. The van der Waals surface area contributed by atoms with E-state index >= 15 is 0 Å². The molecule has 2 heterocycles. The fraction of sp³-hybridized carbons (Fsp3) is 0.238. The third-order valence-corrected chi connectivity index (χ3v) is 5.44. The largest absolute Gasteiger partial charge is 0.350 e. The van der Waals surface area contributed by atoms with Crippen LogP contribution in [0.15, 0.2) is 60.8 Å². The van der Waals surface area contributed by atoms with Crippen molar-refractivity contribution in [2.45, 2.75) is 25.6 Å². The van der Waals surface area contributed by atoms with E-state index in [1.807, 2.05) is 30.5 Å². The quantitative estimate of drug-likeness (QED) is 0.448. The topological polar surface area (TPSA) is 51.3 Å². The van der Waals surface area contributed by atoms with Crippen LogP contribution in [0.1, 0.15) is 29.3 Å². The molecule has 0 fully saturated rings. The van der Waals surface area contributed by atoms with Gasteiger partial charge in [-0.1, -0.05) is 35.9 Å². The molecule has 1 aromatic heterocycles. The van der Waals surface area contributed by atoms with Gasteiger partial charge in [0.15, 0.2) is 0 Å². The summed E-state index contributed by atoms with van der Waals surface area (Å²) in [6.07, 6.45) is 2.92. The maximum Gasteiger partial charge on any atom is 0.274 e. The van der Waals surface area contributed by atoms with Crippen LogP contribution in [0.5, 0.6) is 0 Å². The van der Waals surface area contributed by atoms with E-state index < -0.39 is 5.82 Å². The molecule has 3 aromatic rings. The average molecular weight is 400 g/mol. The van der Waals surface area contributed by atoms with Gasteiger partial charge in [-0.15, -0.1) is 0 Å². The Hall–Kier alpha value is -2.70. The molecule has 144 valence electrons. The Morgan fingerprint density at radius 1 is 1.14 bits per heavy atom. The van der Waals surface area contributed by atoms with Gasteiger partial charge in [-0.25, -0.2) is 4.39 Å². The Bertz CT molecular complexity index is 1020. The fourth-order valence-corrected chi connectivity index (χ4v) is 4.13. The smallest absolute Gasteiger partial charge is 0.274 e. The maximum atomic E-state index is 13.6. The van der Waals surface area contributed by atoms with Gasteiger partial charge in [-0.05, 0) is 36.2 Å². The minimum Gasteiger partial charge on any atom is -0.350 e. The van der Waals surface area contributed by atoms with Crippen molar-refractivity contribution in [3.05, 3.63) is 98.6 Å². The molecule has 0 radical (unpaired) electrons. The highest BCUT2D eigenvalue weighted by molar-refractivity contribution is 6.30. The number of nitro benzene ring substituents is 1. The molecule has 0 unspecified atom stereocenters. The number of rotatable bonds is 4. The number of aromatic nitrogens is 1. The van der Waals surface area contributed by atoms with Crippen LogP contribution in [-0.2, 0) is 13.1 Å². The Kier molecular flexibility index (Phi) is 5.15. The normalized spacial score (nSPS) is 17.1. The van der Waals surface area contributed by atoms with Gasteiger partial charge in [0.05, 0.1) is 21.6 Å². The maximum absolute atomic E-state index is 13.6. The Labute approximate surface area is 167 Å². The van der Waals surface area contributed by atoms with E-state index in [0.29, 0.717) is 12.1 Å². The highest BCUT2D eigenvalue weighted by atomic mass is 35.5. The van der Waals surface area contributed by atoms with Crippen LogP contribution in [0, 0.1) is 15.9 Å². The van der Waals surface area contributed by atoms with Crippen LogP contribution in [-0.4, -0.2) is 20.9 Å². The van der Waals surface area contributed by atoms with Crippen molar-refractivity contribution < 1.29 is 9.31 Å². The average Bonchev–Trinajstić information content (AvgIpc) is 3.06. The molecule has 0 saturated carbocycles. The van der Waals surface area contributed by atoms with Gasteiger partial charge >= 0.3 is 0 Å². The molecule has 0 bridgehead atoms. The number of benzene rings is 2. The molecule has 2 aromatic carbocycles. The first kappa shape index (κ1) is 18.7. The van der Waals surface area contributed by atoms with Crippen molar-refractivity contribution in [1.29, 1.82) is 0 Å². The van der Waals surface area contributed by atoms with Crippen molar-refractivity contribution in [2.24, 2.45) is 0 Å². The summed E-state index contributed by atoms with van der Waals surface area (Å²) in [5.41, 5.74) is 2.64. The minimum absolute atomic E-state index is 0.0814. The second-order valence-corrected chi connectivity index (χ2v) is 7.32. The van der Waals surface area contributed by atoms with E-state index in [1.54, 1.807) is 24.3 Å². The number of fused-ring (bicyclic) bond motifs is 1. The Morgan fingerprint density at radius 3 is 2.75 bits per heavy atom. The third kappa shape index (κ3) is 3.53. The highest BCUT2D eigenvalue weighted by Gasteiger charge is 2.32. The van der Waals surface area contributed by atoms with Crippen molar-refractivity contribution in [2.75, 3.05) is 6.54 Å². The zero-order valence-electron chi connectivity index (χ0n) is 15.1. The molecule has 0 aliphatic carbocycles. The number of halogens is 2. The van der Waals surface area contributed by atoms with E-state index in [4.69, 9.17) is 11.6 Å². The molecular weight excluding hydrogens is 381 g/mol. The molecule has 0 N–H and O–H groups in total. The second kappa shape index (κ2) is 7.73. The number of hydrogen-bond acceptors (Lipinski definition) is 3. The minimum atomic E-state index is -0.453. The van der Waals surface area contributed by atoms with Gasteiger partial charge in [-0.2, -0.15) is 0 Å². The van der Waals surface area contributed by atoms with E-state index in [0.717, 1.165) is 30.8 Å². The van der Waals surface area contributed by atoms with Crippen LogP contribution in [0.4, 0.5) is 10.1 Å². The van der Waals surface area contributed by atoms with Gasteiger partial charge < -0.3 is 4.57 Å². The monoisotopic (exact) mass is 399 g/mol. The molecular formula is C21H19ClFN3O2. The number of aryl methyl sites for hydroxylation is 1. The van der Waals surface area contributed by atoms with Crippen molar-refractivity contribution in [3.63, 3.8) is 0 Å². The van der Waals surface area contributed by atoms with E-state index in [1.165, 1.54) is 6.07 Å². The first-order valence-corrected chi connectivity index (χ1v) is 9.49. The Morgan fingerprint density at radius 2 is 1.96 bits per heavy atom. The van der Waals surface area contributed by atoms with Gasteiger partial charge in [0.25, 0.3) is 5.69 Å². The van der Waals surface area contributed by atoms with Crippen molar-refractivity contribution in [1.82, 2.24) is 9.47 Å². The zero-order chi connectivity index (χ0) is 19.7. The number of hydrogen-bond donors (Lipinski definition) is 0. The summed E-state index contributed by atoms with van der Waals surface area (Å²) >= 11 is 5.96.